The molecule has 24 heavy (non-hydrogen) atoms. The number of amides is 1. The first-order valence-corrected chi connectivity index (χ1v) is 7.97. The summed E-state index contributed by atoms with van der Waals surface area (Å²) in [5.41, 5.74) is -1.52. The zero-order valence-electron chi connectivity index (χ0n) is 13.1. The molecule has 0 aliphatic carbocycles. The predicted molar refractivity (Wildman–Crippen MR) is 80.2 cm³/mol. The van der Waals surface area contributed by atoms with Gasteiger partial charge in [-0.1, -0.05) is 0 Å². The fourth-order valence-corrected chi connectivity index (χ4v) is 3.28. The van der Waals surface area contributed by atoms with Gasteiger partial charge in [0.2, 0.25) is 0 Å². The van der Waals surface area contributed by atoms with Gasteiger partial charge in [-0.3, -0.25) is 9.69 Å². The van der Waals surface area contributed by atoms with E-state index in [2.05, 4.69) is 10.2 Å². The molecule has 2 aliphatic heterocycles. The highest BCUT2D eigenvalue weighted by molar-refractivity contribution is 5.94. The van der Waals surface area contributed by atoms with Crippen molar-refractivity contribution in [2.75, 3.05) is 39.3 Å². The second-order valence-electron chi connectivity index (χ2n) is 6.17. The topological polar surface area (TPSA) is 35.6 Å². The fourth-order valence-electron chi connectivity index (χ4n) is 3.28. The van der Waals surface area contributed by atoms with Gasteiger partial charge in [-0.2, -0.15) is 13.2 Å². The molecular formula is C16H19F4N3O. The van der Waals surface area contributed by atoms with E-state index in [4.69, 9.17) is 0 Å². The molecule has 1 aromatic rings. The zero-order valence-corrected chi connectivity index (χ0v) is 13.1. The van der Waals surface area contributed by atoms with E-state index >= 15 is 0 Å². The first-order valence-electron chi connectivity index (χ1n) is 7.97. The summed E-state index contributed by atoms with van der Waals surface area (Å²) in [6.07, 6.45) is -3.55. The summed E-state index contributed by atoms with van der Waals surface area (Å²) in [6.45, 7) is 3.98. The van der Waals surface area contributed by atoms with Gasteiger partial charge in [0.15, 0.2) is 0 Å². The Labute approximate surface area is 137 Å². The maximum Gasteiger partial charge on any atom is 0.416 e. The molecule has 0 saturated carbocycles. The van der Waals surface area contributed by atoms with Crippen molar-refractivity contribution < 1.29 is 22.4 Å². The van der Waals surface area contributed by atoms with Gasteiger partial charge < -0.3 is 10.2 Å². The van der Waals surface area contributed by atoms with Crippen molar-refractivity contribution in [3.63, 3.8) is 0 Å². The Bertz CT molecular complexity index is 606. The monoisotopic (exact) mass is 345 g/mol. The number of carbonyl (C=O) groups excluding carboxylic acids is 1. The number of hydrogen-bond donors (Lipinski definition) is 1. The molecule has 1 N–H and O–H groups in total. The first-order chi connectivity index (χ1) is 11.4. The minimum atomic E-state index is -4.60. The van der Waals surface area contributed by atoms with Crippen LogP contribution in [0.1, 0.15) is 22.3 Å². The molecule has 2 fully saturated rings. The molecule has 2 aliphatic rings. The van der Waals surface area contributed by atoms with Crippen LogP contribution in [0.3, 0.4) is 0 Å². The molecular weight excluding hydrogens is 326 g/mol. The lowest BCUT2D eigenvalue weighted by atomic mass is 10.1. The minimum absolute atomic E-state index is 0.394. The number of benzene rings is 1. The average Bonchev–Trinajstić information content (AvgIpc) is 3.08. The number of nitrogens with one attached hydrogen (secondary N) is 1. The van der Waals surface area contributed by atoms with Gasteiger partial charge in [-0.15, -0.1) is 0 Å². The first kappa shape index (κ1) is 17.2. The Morgan fingerprint density at radius 2 is 1.88 bits per heavy atom. The van der Waals surface area contributed by atoms with Crippen LogP contribution in [0.25, 0.3) is 0 Å². The van der Waals surface area contributed by atoms with Crippen LogP contribution >= 0.6 is 0 Å². The third kappa shape index (κ3) is 3.54. The number of alkyl halides is 3. The third-order valence-electron chi connectivity index (χ3n) is 4.68. The molecule has 8 heteroatoms. The molecule has 3 rings (SSSR count). The quantitative estimate of drug-likeness (QED) is 0.833. The van der Waals surface area contributed by atoms with E-state index in [0.29, 0.717) is 50.4 Å². The van der Waals surface area contributed by atoms with Crippen molar-refractivity contribution in [1.29, 1.82) is 0 Å². The van der Waals surface area contributed by atoms with Crippen LogP contribution in [0, 0.1) is 5.82 Å². The van der Waals surface area contributed by atoms with E-state index in [1.165, 1.54) is 4.90 Å². The number of nitrogens with zero attached hydrogens (tertiary/aromatic N) is 2. The lowest BCUT2D eigenvalue weighted by Gasteiger charge is -2.37. The number of halogens is 4. The zero-order chi connectivity index (χ0) is 17.3. The second-order valence-corrected chi connectivity index (χ2v) is 6.17. The Hall–Kier alpha value is -1.67. The van der Waals surface area contributed by atoms with Gasteiger partial charge >= 0.3 is 6.18 Å². The van der Waals surface area contributed by atoms with Crippen molar-refractivity contribution in [1.82, 2.24) is 15.1 Å². The van der Waals surface area contributed by atoms with Crippen molar-refractivity contribution >= 4 is 5.91 Å². The van der Waals surface area contributed by atoms with E-state index in [9.17, 15) is 22.4 Å². The van der Waals surface area contributed by atoms with E-state index in [1.807, 2.05) is 0 Å². The Balaban J connectivity index is 1.69. The Morgan fingerprint density at radius 1 is 1.17 bits per heavy atom. The Kier molecular flexibility index (Phi) is 4.78. The van der Waals surface area contributed by atoms with Gasteiger partial charge in [0, 0.05) is 38.8 Å². The van der Waals surface area contributed by atoms with E-state index in [1.54, 1.807) is 0 Å². The van der Waals surface area contributed by atoms with Crippen LogP contribution in [0.4, 0.5) is 17.6 Å². The van der Waals surface area contributed by atoms with Gasteiger partial charge in [-0.05, 0) is 31.2 Å². The summed E-state index contributed by atoms with van der Waals surface area (Å²) in [4.78, 5) is 16.1. The molecule has 0 aromatic heterocycles. The fraction of sp³-hybridized carbons (Fsp3) is 0.562. The maximum atomic E-state index is 13.9. The summed E-state index contributed by atoms with van der Waals surface area (Å²) < 4.78 is 52.2. The predicted octanol–water partition coefficient (Wildman–Crippen LogP) is 1.96. The van der Waals surface area contributed by atoms with Crippen molar-refractivity contribution in [2.45, 2.75) is 18.6 Å². The molecule has 132 valence electrons. The summed E-state index contributed by atoms with van der Waals surface area (Å²) in [5, 5.41) is 3.28. The lowest BCUT2D eigenvalue weighted by Crippen LogP contribution is -2.52. The van der Waals surface area contributed by atoms with Crippen LogP contribution in [-0.2, 0) is 6.18 Å². The summed E-state index contributed by atoms with van der Waals surface area (Å²) >= 11 is 0. The van der Waals surface area contributed by atoms with Gasteiger partial charge in [0.25, 0.3) is 5.91 Å². The van der Waals surface area contributed by atoms with Crippen LogP contribution in [-0.4, -0.2) is 61.0 Å². The standard InChI is InChI=1S/C16H19F4N3O/c17-14-2-1-11(16(18,19)20)9-13(14)15(24)23-7-5-22(6-8-23)12-3-4-21-10-12/h1-2,9,12,21H,3-8,10H2. The van der Waals surface area contributed by atoms with Gasteiger partial charge in [-0.25, -0.2) is 4.39 Å². The van der Waals surface area contributed by atoms with E-state index in [-0.39, 0.29) is 0 Å². The molecule has 0 bridgehead atoms. The van der Waals surface area contributed by atoms with Crippen LogP contribution < -0.4 is 5.32 Å². The summed E-state index contributed by atoms with van der Waals surface area (Å²) in [7, 11) is 0. The normalized spacial score (nSPS) is 22.8. The number of carbonyl (C=O) groups is 1. The van der Waals surface area contributed by atoms with Gasteiger partial charge in [0.05, 0.1) is 11.1 Å². The Morgan fingerprint density at radius 3 is 2.46 bits per heavy atom. The molecule has 1 amide bonds. The SMILES string of the molecule is O=C(c1cc(C(F)(F)F)ccc1F)N1CCN(C2CCNC2)CC1. The highest BCUT2D eigenvalue weighted by atomic mass is 19.4. The second kappa shape index (κ2) is 6.68. The largest absolute Gasteiger partial charge is 0.416 e. The van der Waals surface area contributed by atoms with Crippen LogP contribution in [0.5, 0.6) is 0 Å². The van der Waals surface area contributed by atoms with E-state index < -0.39 is 29.0 Å². The third-order valence-corrected chi connectivity index (χ3v) is 4.68. The number of rotatable bonds is 2. The van der Waals surface area contributed by atoms with Crippen molar-refractivity contribution in [3.05, 3.63) is 35.1 Å². The van der Waals surface area contributed by atoms with Crippen LogP contribution in [0.2, 0.25) is 0 Å². The van der Waals surface area contributed by atoms with E-state index in [0.717, 1.165) is 19.5 Å². The smallest absolute Gasteiger partial charge is 0.336 e. The lowest BCUT2D eigenvalue weighted by molar-refractivity contribution is -0.137. The molecule has 0 radical (unpaired) electrons. The molecule has 2 saturated heterocycles. The molecule has 1 atom stereocenters. The average molecular weight is 345 g/mol. The molecule has 1 unspecified atom stereocenters. The summed E-state index contributed by atoms with van der Waals surface area (Å²) in [5.74, 6) is -1.60. The highest BCUT2D eigenvalue weighted by Crippen LogP contribution is 2.30. The van der Waals surface area contributed by atoms with Gasteiger partial charge in [0.1, 0.15) is 5.82 Å². The maximum absolute atomic E-state index is 13.9. The van der Waals surface area contributed by atoms with Crippen molar-refractivity contribution in [2.24, 2.45) is 0 Å². The molecule has 4 nitrogen and oxygen atoms in total. The molecule has 1 aromatic carbocycles. The van der Waals surface area contributed by atoms with Crippen LogP contribution in [0.15, 0.2) is 18.2 Å². The highest BCUT2D eigenvalue weighted by Gasteiger charge is 2.33. The molecule has 0 spiro atoms. The number of piperazine rings is 1. The molecule has 2 heterocycles. The van der Waals surface area contributed by atoms with Crippen molar-refractivity contribution in [3.8, 4) is 0 Å². The minimum Gasteiger partial charge on any atom is -0.336 e. The summed E-state index contributed by atoms with van der Waals surface area (Å²) in [6, 6.07) is 2.39. The number of hydrogen-bond acceptors (Lipinski definition) is 3.